The van der Waals surface area contributed by atoms with Gasteiger partial charge in [-0.2, -0.15) is 0 Å². The maximum absolute atomic E-state index is 10.9. The molecule has 0 aromatic rings. The van der Waals surface area contributed by atoms with Gasteiger partial charge in [0.15, 0.2) is 0 Å². The Balaban J connectivity index is 2.75. The lowest BCUT2D eigenvalue weighted by Crippen LogP contribution is -2.37. The number of hydrogen-bond acceptors (Lipinski definition) is 4. The van der Waals surface area contributed by atoms with Gasteiger partial charge in [0.2, 0.25) is 0 Å². The number of cyclic esters (lactones) is 1. The molecule has 1 heterocycles. The van der Waals surface area contributed by atoms with Crippen LogP contribution in [0.4, 0.5) is 0 Å². The molecule has 0 spiro atoms. The van der Waals surface area contributed by atoms with E-state index in [0.717, 1.165) is 0 Å². The molecule has 1 saturated heterocycles. The van der Waals surface area contributed by atoms with Gasteiger partial charge in [-0.1, -0.05) is 6.08 Å². The number of allylic oxidation sites excluding steroid dienone is 1. The summed E-state index contributed by atoms with van der Waals surface area (Å²) in [6.45, 7) is 1.63. The Bertz CT molecular complexity index is 224. The highest BCUT2D eigenvalue weighted by Gasteiger charge is 2.45. The molecule has 0 aliphatic carbocycles. The third-order valence-electron chi connectivity index (χ3n) is 2.15. The minimum Gasteiger partial charge on any atom is -0.455 e. The molecule has 4 heteroatoms. The zero-order valence-electron chi connectivity index (χ0n) is 7.56. The van der Waals surface area contributed by atoms with E-state index in [1.54, 1.807) is 19.1 Å². The number of carbonyl (C=O) groups is 1. The van der Waals surface area contributed by atoms with Gasteiger partial charge in [0.25, 0.3) is 0 Å². The number of esters is 1. The summed E-state index contributed by atoms with van der Waals surface area (Å²) >= 11 is 0. The van der Waals surface area contributed by atoms with E-state index in [-0.39, 0.29) is 19.4 Å². The molecule has 0 bridgehead atoms. The van der Waals surface area contributed by atoms with Crippen molar-refractivity contribution in [3.8, 4) is 0 Å². The van der Waals surface area contributed by atoms with Gasteiger partial charge in [0, 0.05) is 13.0 Å². The van der Waals surface area contributed by atoms with Crippen LogP contribution in [0.2, 0.25) is 0 Å². The summed E-state index contributed by atoms with van der Waals surface area (Å²) in [5, 5.41) is 18.6. The second kappa shape index (κ2) is 3.89. The molecule has 4 nitrogen and oxygen atoms in total. The first-order valence-corrected chi connectivity index (χ1v) is 4.28. The minimum atomic E-state index is -1.22. The monoisotopic (exact) mass is 186 g/mol. The van der Waals surface area contributed by atoms with Crippen molar-refractivity contribution in [3.63, 3.8) is 0 Å². The minimum absolute atomic E-state index is 0.0391. The van der Waals surface area contributed by atoms with Crippen molar-refractivity contribution in [2.45, 2.75) is 31.5 Å². The van der Waals surface area contributed by atoms with Crippen molar-refractivity contribution in [2.75, 3.05) is 6.61 Å². The third kappa shape index (κ3) is 2.08. The second-order valence-corrected chi connectivity index (χ2v) is 3.19. The fourth-order valence-electron chi connectivity index (χ4n) is 1.46. The number of hydrogen-bond donors (Lipinski definition) is 2. The van der Waals surface area contributed by atoms with Gasteiger partial charge < -0.3 is 14.9 Å². The van der Waals surface area contributed by atoms with Crippen LogP contribution in [0.25, 0.3) is 0 Å². The summed E-state index contributed by atoms with van der Waals surface area (Å²) in [5.41, 5.74) is -1.22. The zero-order valence-corrected chi connectivity index (χ0v) is 7.56. The number of ether oxygens (including phenoxy) is 1. The highest BCUT2D eigenvalue weighted by Crippen LogP contribution is 2.30. The number of carbonyl (C=O) groups excluding carboxylic acids is 1. The van der Waals surface area contributed by atoms with Crippen LogP contribution < -0.4 is 0 Å². The Kier molecular flexibility index (Phi) is 3.06. The Hall–Kier alpha value is -0.870. The van der Waals surface area contributed by atoms with Crippen LogP contribution in [0.15, 0.2) is 12.2 Å². The summed E-state index contributed by atoms with van der Waals surface area (Å²) in [4.78, 5) is 10.9. The normalized spacial score (nSPS) is 34.1. The van der Waals surface area contributed by atoms with E-state index in [1.165, 1.54) is 0 Å². The molecule has 13 heavy (non-hydrogen) atoms. The molecule has 1 aliphatic heterocycles. The molecule has 0 saturated carbocycles. The van der Waals surface area contributed by atoms with E-state index in [1.807, 2.05) is 0 Å². The Morgan fingerprint density at radius 1 is 1.77 bits per heavy atom. The molecule has 0 amide bonds. The third-order valence-corrected chi connectivity index (χ3v) is 2.15. The summed E-state index contributed by atoms with van der Waals surface area (Å²) in [6, 6.07) is 0. The average Bonchev–Trinajstić information content (AvgIpc) is 2.28. The Morgan fingerprint density at radius 3 is 3.00 bits per heavy atom. The molecular formula is C9H14O4. The molecule has 0 unspecified atom stereocenters. The number of rotatable bonds is 3. The molecule has 0 aromatic heterocycles. The quantitative estimate of drug-likeness (QED) is 0.480. The van der Waals surface area contributed by atoms with E-state index in [2.05, 4.69) is 0 Å². The predicted octanol–water partition coefficient (Wildman–Crippen LogP) is -0.00850. The Labute approximate surface area is 76.8 Å². The molecule has 2 N–H and O–H groups in total. The summed E-state index contributed by atoms with van der Waals surface area (Å²) in [6.07, 6.45) is 2.85. The lowest BCUT2D eigenvalue weighted by atomic mass is 9.92. The van der Waals surface area contributed by atoms with E-state index < -0.39 is 17.7 Å². The summed E-state index contributed by atoms with van der Waals surface area (Å²) in [5.74, 6) is -0.418. The Morgan fingerprint density at radius 2 is 2.46 bits per heavy atom. The maximum atomic E-state index is 10.9. The van der Waals surface area contributed by atoms with E-state index in [0.29, 0.717) is 0 Å². The largest absolute Gasteiger partial charge is 0.455 e. The van der Waals surface area contributed by atoms with Gasteiger partial charge in [-0.15, -0.1) is 0 Å². The first-order chi connectivity index (χ1) is 6.12. The van der Waals surface area contributed by atoms with Crippen LogP contribution >= 0.6 is 0 Å². The molecule has 1 aliphatic rings. The topological polar surface area (TPSA) is 66.8 Å². The highest BCUT2D eigenvalue weighted by molar-refractivity contribution is 5.74. The summed E-state index contributed by atoms with van der Waals surface area (Å²) in [7, 11) is 0. The van der Waals surface area contributed by atoms with Crippen molar-refractivity contribution in [1.82, 2.24) is 0 Å². The van der Waals surface area contributed by atoms with Crippen molar-refractivity contribution in [2.24, 2.45) is 0 Å². The molecule has 1 fully saturated rings. The lowest BCUT2D eigenvalue weighted by Gasteiger charge is -2.23. The summed E-state index contributed by atoms with van der Waals surface area (Å²) < 4.78 is 4.88. The average molecular weight is 186 g/mol. The standard InChI is InChI=1S/C9H14O4/c1-2-3-7-9(12,4-5-10)6-8(11)13-7/h2-3,7,10,12H,4-6H2,1H3/b3-2+/t7-,9-/m1/s1. The van der Waals surface area contributed by atoms with Crippen LogP contribution in [0.3, 0.4) is 0 Å². The van der Waals surface area contributed by atoms with Crippen molar-refractivity contribution in [1.29, 1.82) is 0 Å². The maximum Gasteiger partial charge on any atom is 0.309 e. The number of aliphatic hydroxyl groups is 2. The first-order valence-electron chi connectivity index (χ1n) is 4.28. The van der Waals surface area contributed by atoms with E-state index >= 15 is 0 Å². The van der Waals surface area contributed by atoms with Gasteiger partial charge in [-0.05, 0) is 13.0 Å². The number of aliphatic hydroxyl groups excluding tert-OH is 1. The predicted molar refractivity (Wildman–Crippen MR) is 46.0 cm³/mol. The van der Waals surface area contributed by atoms with Crippen molar-refractivity contribution >= 4 is 5.97 Å². The van der Waals surface area contributed by atoms with Gasteiger partial charge in [-0.3, -0.25) is 4.79 Å². The van der Waals surface area contributed by atoms with Crippen LogP contribution in [-0.4, -0.2) is 34.5 Å². The fraction of sp³-hybridized carbons (Fsp3) is 0.667. The molecule has 0 radical (unpaired) electrons. The van der Waals surface area contributed by atoms with Gasteiger partial charge in [0.05, 0.1) is 6.42 Å². The van der Waals surface area contributed by atoms with Crippen molar-refractivity contribution < 1.29 is 19.7 Å². The molecule has 2 atom stereocenters. The van der Waals surface area contributed by atoms with E-state index in [9.17, 15) is 9.90 Å². The second-order valence-electron chi connectivity index (χ2n) is 3.19. The van der Waals surface area contributed by atoms with Crippen molar-refractivity contribution in [3.05, 3.63) is 12.2 Å². The fourth-order valence-corrected chi connectivity index (χ4v) is 1.46. The molecule has 0 aromatic carbocycles. The van der Waals surface area contributed by atoms with Crippen LogP contribution in [0, 0.1) is 0 Å². The van der Waals surface area contributed by atoms with E-state index in [4.69, 9.17) is 9.84 Å². The zero-order chi connectivity index (χ0) is 9.90. The first kappa shape index (κ1) is 10.2. The highest BCUT2D eigenvalue weighted by atomic mass is 16.6. The molecule has 74 valence electrons. The van der Waals surface area contributed by atoms with Gasteiger partial charge in [0.1, 0.15) is 11.7 Å². The van der Waals surface area contributed by atoms with Gasteiger partial charge >= 0.3 is 5.97 Å². The SMILES string of the molecule is C/C=C/[C@H]1OC(=O)C[C@]1(O)CCO. The molecular weight excluding hydrogens is 172 g/mol. The lowest BCUT2D eigenvalue weighted by molar-refractivity contribution is -0.140. The molecule has 1 rings (SSSR count). The van der Waals surface area contributed by atoms with Gasteiger partial charge in [-0.25, -0.2) is 0 Å². The smallest absolute Gasteiger partial charge is 0.309 e. The van der Waals surface area contributed by atoms with Crippen LogP contribution in [-0.2, 0) is 9.53 Å². The van der Waals surface area contributed by atoms with Crippen LogP contribution in [0.5, 0.6) is 0 Å². The van der Waals surface area contributed by atoms with Crippen LogP contribution in [0.1, 0.15) is 19.8 Å².